The lowest BCUT2D eigenvalue weighted by molar-refractivity contribution is -0.122. The highest BCUT2D eigenvalue weighted by molar-refractivity contribution is 7.89. The van der Waals surface area contributed by atoms with Gasteiger partial charge in [-0.1, -0.05) is 60.7 Å². The lowest BCUT2D eigenvalue weighted by Crippen LogP contribution is -2.46. The Bertz CT molecular complexity index is 1090. The van der Waals surface area contributed by atoms with Crippen molar-refractivity contribution in [3.05, 3.63) is 95.6 Å². The first-order valence-electron chi connectivity index (χ1n) is 9.89. The molecule has 0 fully saturated rings. The maximum absolute atomic E-state index is 12.9. The van der Waals surface area contributed by atoms with Crippen molar-refractivity contribution in [1.82, 2.24) is 10.0 Å². The molecule has 3 aromatic rings. The molecule has 6 nitrogen and oxygen atoms in total. The standard InChI is InChI=1S/C24H26N2O4S/c1-17-16-21(14-15-22(17)30-3)31(28,29)26-18(2)24(27)25-23(19-10-6-4-7-11-19)20-12-8-5-9-13-20/h4-16,18,23,26H,1-3H3,(H,25,27)/t18-/m0/s1. The summed E-state index contributed by atoms with van der Waals surface area (Å²) in [4.78, 5) is 13.0. The zero-order valence-electron chi connectivity index (χ0n) is 17.7. The minimum Gasteiger partial charge on any atom is -0.496 e. The van der Waals surface area contributed by atoms with Gasteiger partial charge >= 0.3 is 0 Å². The summed E-state index contributed by atoms with van der Waals surface area (Å²) in [6.45, 7) is 3.29. The average molecular weight is 439 g/mol. The number of hydrogen-bond donors (Lipinski definition) is 2. The molecule has 0 unspecified atom stereocenters. The van der Waals surface area contributed by atoms with Crippen molar-refractivity contribution >= 4 is 15.9 Å². The van der Waals surface area contributed by atoms with Crippen molar-refractivity contribution in [3.8, 4) is 5.75 Å². The number of nitrogens with one attached hydrogen (secondary N) is 2. The van der Waals surface area contributed by atoms with Crippen LogP contribution in [0.1, 0.15) is 29.7 Å². The third-order valence-corrected chi connectivity index (χ3v) is 6.49. The van der Waals surface area contributed by atoms with Crippen LogP contribution in [0, 0.1) is 6.92 Å². The molecule has 0 heterocycles. The van der Waals surface area contributed by atoms with Gasteiger partial charge in [-0.2, -0.15) is 4.72 Å². The van der Waals surface area contributed by atoms with Crippen molar-refractivity contribution in [2.75, 3.05) is 7.11 Å². The fraction of sp³-hybridized carbons (Fsp3) is 0.208. The molecule has 162 valence electrons. The van der Waals surface area contributed by atoms with Crippen LogP contribution < -0.4 is 14.8 Å². The van der Waals surface area contributed by atoms with Crippen molar-refractivity contribution in [3.63, 3.8) is 0 Å². The molecule has 2 N–H and O–H groups in total. The van der Waals surface area contributed by atoms with Gasteiger partial charge in [0.25, 0.3) is 0 Å². The predicted molar refractivity (Wildman–Crippen MR) is 120 cm³/mol. The first-order chi connectivity index (χ1) is 14.8. The smallest absolute Gasteiger partial charge is 0.241 e. The van der Waals surface area contributed by atoms with E-state index in [-0.39, 0.29) is 4.90 Å². The first kappa shape index (κ1) is 22.5. The van der Waals surface area contributed by atoms with Gasteiger partial charge in [-0.05, 0) is 48.7 Å². The molecule has 0 spiro atoms. The SMILES string of the molecule is COc1ccc(S(=O)(=O)N[C@@H](C)C(=O)NC(c2ccccc2)c2ccccc2)cc1C. The number of carbonyl (C=O) groups excluding carboxylic acids is 1. The first-order valence-corrected chi connectivity index (χ1v) is 11.4. The van der Waals surface area contributed by atoms with E-state index < -0.39 is 28.0 Å². The number of sulfonamides is 1. The van der Waals surface area contributed by atoms with Crippen LogP contribution in [0.15, 0.2) is 83.8 Å². The zero-order valence-corrected chi connectivity index (χ0v) is 18.5. The predicted octanol–water partition coefficient (Wildman–Crippen LogP) is 3.58. The number of methoxy groups -OCH3 is 1. The van der Waals surface area contributed by atoms with Crippen molar-refractivity contribution in [2.45, 2.75) is 30.8 Å². The Balaban J connectivity index is 1.78. The summed E-state index contributed by atoms with van der Waals surface area (Å²) in [5.74, 6) is 0.171. The third-order valence-electron chi connectivity index (χ3n) is 4.95. The number of aryl methyl sites for hydroxylation is 1. The van der Waals surface area contributed by atoms with Gasteiger partial charge < -0.3 is 10.1 Å². The Morgan fingerprint density at radius 3 is 1.94 bits per heavy atom. The molecule has 3 aromatic carbocycles. The van der Waals surface area contributed by atoms with Crippen molar-refractivity contribution in [1.29, 1.82) is 0 Å². The number of hydrogen-bond acceptors (Lipinski definition) is 4. The van der Waals surface area contributed by atoms with Crippen LogP contribution in [0.4, 0.5) is 0 Å². The van der Waals surface area contributed by atoms with E-state index in [4.69, 9.17) is 4.74 Å². The minimum absolute atomic E-state index is 0.0770. The van der Waals surface area contributed by atoms with Crippen LogP contribution in [0.2, 0.25) is 0 Å². The summed E-state index contributed by atoms with van der Waals surface area (Å²) in [5.41, 5.74) is 2.50. The second-order valence-electron chi connectivity index (χ2n) is 7.24. The van der Waals surface area contributed by atoms with Gasteiger partial charge in [0.1, 0.15) is 5.75 Å². The zero-order chi connectivity index (χ0) is 22.4. The van der Waals surface area contributed by atoms with E-state index >= 15 is 0 Å². The second-order valence-corrected chi connectivity index (χ2v) is 8.95. The molecule has 0 aliphatic rings. The Morgan fingerprint density at radius 1 is 0.903 bits per heavy atom. The molecular formula is C24H26N2O4S. The molecule has 1 amide bonds. The molecule has 1 atom stereocenters. The van der Waals surface area contributed by atoms with Crippen LogP contribution in [-0.2, 0) is 14.8 Å². The van der Waals surface area contributed by atoms with Gasteiger partial charge in [-0.3, -0.25) is 4.79 Å². The number of carbonyl (C=O) groups is 1. The summed E-state index contributed by atoms with van der Waals surface area (Å²) >= 11 is 0. The molecule has 7 heteroatoms. The van der Waals surface area contributed by atoms with E-state index in [1.165, 1.54) is 26.2 Å². The summed E-state index contributed by atoms with van der Waals surface area (Å²) in [7, 11) is -2.36. The Labute approximate surface area is 183 Å². The van der Waals surface area contributed by atoms with Crippen LogP contribution in [0.3, 0.4) is 0 Å². The number of rotatable bonds is 8. The quantitative estimate of drug-likeness (QED) is 0.563. The molecule has 0 aromatic heterocycles. The molecule has 3 rings (SSSR count). The highest BCUT2D eigenvalue weighted by Crippen LogP contribution is 2.23. The molecule has 0 aliphatic heterocycles. The minimum atomic E-state index is -3.88. The van der Waals surface area contributed by atoms with Gasteiger partial charge in [0.15, 0.2) is 0 Å². The highest BCUT2D eigenvalue weighted by Gasteiger charge is 2.25. The largest absolute Gasteiger partial charge is 0.496 e. The molecule has 0 radical (unpaired) electrons. The fourth-order valence-corrected chi connectivity index (χ4v) is 4.58. The highest BCUT2D eigenvalue weighted by atomic mass is 32.2. The normalized spacial score (nSPS) is 12.4. The van der Waals surface area contributed by atoms with E-state index in [1.54, 1.807) is 13.0 Å². The van der Waals surface area contributed by atoms with Gasteiger partial charge in [0.05, 0.1) is 24.1 Å². The fourth-order valence-electron chi connectivity index (χ4n) is 3.29. The Hall–Kier alpha value is -3.16. The summed E-state index contributed by atoms with van der Waals surface area (Å²) < 4.78 is 33.2. The number of amides is 1. The Kier molecular flexibility index (Phi) is 7.09. The van der Waals surface area contributed by atoms with Crippen LogP contribution in [-0.4, -0.2) is 27.5 Å². The lowest BCUT2D eigenvalue weighted by atomic mass is 9.98. The maximum Gasteiger partial charge on any atom is 0.241 e. The lowest BCUT2D eigenvalue weighted by Gasteiger charge is -2.22. The third kappa shape index (κ3) is 5.51. The van der Waals surface area contributed by atoms with Gasteiger partial charge in [-0.25, -0.2) is 8.42 Å². The molecule has 0 saturated carbocycles. The summed E-state index contributed by atoms with van der Waals surface area (Å²) in [6.07, 6.45) is 0. The van der Waals surface area contributed by atoms with Crippen molar-refractivity contribution in [2.24, 2.45) is 0 Å². The van der Waals surface area contributed by atoms with Crippen LogP contribution >= 0.6 is 0 Å². The summed E-state index contributed by atoms with van der Waals surface area (Å²) in [5, 5.41) is 2.97. The molecule has 0 aliphatic carbocycles. The average Bonchev–Trinajstić information content (AvgIpc) is 2.78. The monoisotopic (exact) mass is 438 g/mol. The van der Waals surface area contributed by atoms with E-state index in [9.17, 15) is 13.2 Å². The van der Waals surface area contributed by atoms with E-state index in [1.807, 2.05) is 60.7 Å². The topological polar surface area (TPSA) is 84.5 Å². The number of ether oxygens (including phenoxy) is 1. The van der Waals surface area contributed by atoms with Crippen LogP contribution in [0.5, 0.6) is 5.75 Å². The second kappa shape index (κ2) is 9.76. The van der Waals surface area contributed by atoms with E-state index in [0.29, 0.717) is 11.3 Å². The van der Waals surface area contributed by atoms with E-state index in [0.717, 1.165) is 11.1 Å². The molecule has 0 bridgehead atoms. The summed E-state index contributed by atoms with van der Waals surface area (Å²) in [6, 6.07) is 22.3. The molecular weight excluding hydrogens is 412 g/mol. The Morgan fingerprint density at radius 2 is 1.45 bits per heavy atom. The van der Waals surface area contributed by atoms with Crippen molar-refractivity contribution < 1.29 is 17.9 Å². The van der Waals surface area contributed by atoms with Gasteiger partial charge in [0, 0.05) is 0 Å². The molecule has 0 saturated heterocycles. The van der Waals surface area contributed by atoms with Crippen LogP contribution in [0.25, 0.3) is 0 Å². The van der Waals surface area contributed by atoms with Gasteiger partial charge in [0.2, 0.25) is 15.9 Å². The van der Waals surface area contributed by atoms with Gasteiger partial charge in [-0.15, -0.1) is 0 Å². The number of benzene rings is 3. The maximum atomic E-state index is 12.9. The van der Waals surface area contributed by atoms with E-state index in [2.05, 4.69) is 10.0 Å². The molecule has 31 heavy (non-hydrogen) atoms.